The highest BCUT2D eigenvalue weighted by Gasteiger charge is 2.18. The molecular weight excluding hydrogens is 426 g/mol. The highest BCUT2D eigenvalue weighted by molar-refractivity contribution is 9.08. The number of halogens is 1. The second-order valence-corrected chi connectivity index (χ2v) is 7.95. The number of ether oxygens (including phenoxy) is 1. The highest BCUT2D eigenvalue weighted by atomic mass is 79.9. The summed E-state index contributed by atoms with van der Waals surface area (Å²) in [6.45, 7) is 2.10. The molecule has 3 aromatic heterocycles. The number of methoxy groups -OCH3 is 1. The van der Waals surface area contributed by atoms with Gasteiger partial charge in [0.15, 0.2) is 0 Å². The van der Waals surface area contributed by atoms with Crippen molar-refractivity contribution >= 4 is 49.1 Å². The number of aryl methyl sites for hydroxylation is 2. The Kier molecular flexibility index (Phi) is 4.84. The van der Waals surface area contributed by atoms with Gasteiger partial charge in [-0.05, 0) is 18.6 Å². The normalized spacial score (nSPS) is 11.1. The summed E-state index contributed by atoms with van der Waals surface area (Å²) in [5.41, 5.74) is 5.07. The van der Waals surface area contributed by atoms with E-state index in [1.54, 1.807) is 29.3 Å². The fraction of sp³-hybridized carbons (Fsp3) is 0.211. The fourth-order valence-corrected chi connectivity index (χ4v) is 4.36. The first-order valence-electron chi connectivity index (χ1n) is 8.34. The van der Waals surface area contributed by atoms with Crippen molar-refractivity contribution in [2.45, 2.75) is 12.3 Å². The van der Waals surface area contributed by atoms with E-state index in [0.29, 0.717) is 5.95 Å². The van der Waals surface area contributed by atoms with Crippen LogP contribution in [0.4, 0.5) is 11.6 Å². The van der Waals surface area contributed by atoms with E-state index in [9.17, 15) is 0 Å². The average Bonchev–Trinajstić information content (AvgIpc) is 3.22. The first kappa shape index (κ1) is 17.9. The van der Waals surface area contributed by atoms with Gasteiger partial charge in [-0.25, -0.2) is 9.97 Å². The van der Waals surface area contributed by atoms with Crippen molar-refractivity contribution in [3.63, 3.8) is 0 Å². The molecular formula is C19H18BrN5OS. The topological polar surface area (TPSA) is 64.9 Å². The van der Waals surface area contributed by atoms with Gasteiger partial charge in [-0.15, -0.1) is 11.3 Å². The van der Waals surface area contributed by atoms with Gasteiger partial charge in [0, 0.05) is 34.6 Å². The number of anilines is 2. The fourth-order valence-electron chi connectivity index (χ4n) is 3.02. The molecule has 0 fully saturated rings. The Hall–Kier alpha value is -2.45. The van der Waals surface area contributed by atoms with Crippen LogP contribution in [-0.2, 0) is 12.4 Å². The second kappa shape index (κ2) is 7.28. The molecule has 4 aromatic rings. The standard InChI is InChI=1S/C19H18BrN5OS/c1-11-17(14-5-4-12(7-20)6-15(14)26-3)18-16(27-11)9-21-19(24-18)23-13-8-22-25(2)10-13/h4-6,8-10H,7H2,1-3H3,(H,21,23,24). The molecule has 138 valence electrons. The van der Waals surface area contributed by atoms with Crippen LogP contribution in [0.15, 0.2) is 36.8 Å². The molecule has 4 rings (SSSR count). The Morgan fingerprint density at radius 1 is 1.30 bits per heavy atom. The van der Waals surface area contributed by atoms with Gasteiger partial charge in [0.1, 0.15) is 5.75 Å². The first-order chi connectivity index (χ1) is 13.1. The Bertz CT molecular complexity index is 1120. The average molecular weight is 444 g/mol. The first-order valence-corrected chi connectivity index (χ1v) is 10.3. The highest BCUT2D eigenvalue weighted by Crippen LogP contribution is 2.41. The quantitative estimate of drug-likeness (QED) is 0.437. The molecule has 0 bridgehead atoms. The number of fused-ring (bicyclic) bond motifs is 1. The Morgan fingerprint density at radius 3 is 2.85 bits per heavy atom. The molecule has 0 aliphatic heterocycles. The van der Waals surface area contributed by atoms with Gasteiger partial charge in [0.05, 0.1) is 35.4 Å². The van der Waals surface area contributed by atoms with E-state index in [1.807, 2.05) is 19.4 Å². The van der Waals surface area contributed by atoms with Crippen LogP contribution in [0.2, 0.25) is 0 Å². The van der Waals surface area contributed by atoms with E-state index in [-0.39, 0.29) is 0 Å². The van der Waals surface area contributed by atoms with Crippen LogP contribution in [-0.4, -0.2) is 26.9 Å². The van der Waals surface area contributed by atoms with Crippen molar-refractivity contribution in [2.75, 3.05) is 12.4 Å². The van der Waals surface area contributed by atoms with Gasteiger partial charge in [-0.2, -0.15) is 5.10 Å². The molecule has 0 aliphatic rings. The lowest BCUT2D eigenvalue weighted by molar-refractivity contribution is 0.416. The summed E-state index contributed by atoms with van der Waals surface area (Å²) in [4.78, 5) is 10.4. The third-order valence-corrected chi connectivity index (χ3v) is 5.93. The predicted octanol–water partition coefficient (Wildman–Crippen LogP) is 5.05. The minimum absolute atomic E-state index is 0.547. The minimum Gasteiger partial charge on any atom is -0.496 e. The van der Waals surface area contributed by atoms with Gasteiger partial charge < -0.3 is 10.1 Å². The predicted molar refractivity (Wildman–Crippen MR) is 113 cm³/mol. The maximum absolute atomic E-state index is 5.66. The summed E-state index contributed by atoms with van der Waals surface area (Å²) in [7, 11) is 3.57. The molecule has 0 aliphatic carbocycles. The third kappa shape index (κ3) is 3.42. The van der Waals surface area contributed by atoms with E-state index in [0.717, 1.165) is 38.1 Å². The molecule has 27 heavy (non-hydrogen) atoms. The monoisotopic (exact) mass is 443 g/mol. The van der Waals surface area contributed by atoms with Crippen LogP contribution in [0.25, 0.3) is 21.3 Å². The summed E-state index contributed by atoms with van der Waals surface area (Å²) in [5.74, 6) is 1.39. The Labute approximate surface area is 169 Å². The van der Waals surface area contributed by atoms with Crippen molar-refractivity contribution in [3.8, 4) is 16.9 Å². The van der Waals surface area contributed by atoms with Crippen molar-refractivity contribution in [3.05, 3.63) is 47.2 Å². The van der Waals surface area contributed by atoms with Crippen molar-refractivity contribution in [1.29, 1.82) is 0 Å². The number of hydrogen-bond donors (Lipinski definition) is 1. The molecule has 0 radical (unpaired) electrons. The number of benzene rings is 1. The molecule has 0 atom stereocenters. The van der Waals surface area contributed by atoms with Crippen LogP contribution in [0.3, 0.4) is 0 Å². The van der Waals surface area contributed by atoms with Crippen molar-refractivity contribution in [1.82, 2.24) is 19.7 Å². The molecule has 1 N–H and O–H groups in total. The molecule has 6 nitrogen and oxygen atoms in total. The summed E-state index contributed by atoms with van der Waals surface area (Å²) in [5, 5.41) is 8.16. The summed E-state index contributed by atoms with van der Waals surface area (Å²) >= 11 is 5.19. The van der Waals surface area contributed by atoms with Gasteiger partial charge in [0.25, 0.3) is 0 Å². The Balaban J connectivity index is 1.83. The van der Waals surface area contributed by atoms with E-state index in [2.05, 4.69) is 56.5 Å². The molecule has 0 saturated heterocycles. The molecule has 3 heterocycles. The summed E-state index contributed by atoms with van der Waals surface area (Å²) in [6, 6.07) is 6.26. The zero-order chi connectivity index (χ0) is 19.0. The van der Waals surface area contributed by atoms with Crippen LogP contribution in [0.1, 0.15) is 10.4 Å². The SMILES string of the molecule is COc1cc(CBr)ccc1-c1c(C)sc2cnc(Nc3cnn(C)c3)nc12. The van der Waals surface area contributed by atoms with Crippen LogP contribution < -0.4 is 10.1 Å². The van der Waals surface area contributed by atoms with Gasteiger partial charge >= 0.3 is 0 Å². The molecule has 0 spiro atoms. The molecule has 0 amide bonds. The molecule has 1 aromatic carbocycles. The zero-order valence-electron chi connectivity index (χ0n) is 15.2. The molecule has 0 saturated carbocycles. The van der Waals surface area contributed by atoms with Gasteiger partial charge in [-0.3, -0.25) is 4.68 Å². The summed E-state index contributed by atoms with van der Waals surface area (Å²) in [6.07, 6.45) is 5.49. The van der Waals surface area contributed by atoms with E-state index in [4.69, 9.17) is 9.72 Å². The third-order valence-electron chi connectivity index (χ3n) is 4.26. The van der Waals surface area contributed by atoms with Crippen LogP contribution in [0, 0.1) is 6.92 Å². The lowest BCUT2D eigenvalue weighted by Gasteiger charge is -2.10. The number of hydrogen-bond acceptors (Lipinski definition) is 6. The van der Waals surface area contributed by atoms with E-state index in [1.165, 1.54) is 10.4 Å². The number of rotatable bonds is 5. The zero-order valence-corrected chi connectivity index (χ0v) is 17.6. The minimum atomic E-state index is 0.547. The van der Waals surface area contributed by atoms with Crippen molar-refractivity contribution in [2.24, 2.45) is 7.05 Å². The maximum Gasteiger partial charge on any atom is 0.227 e. The van der Waals surface area contributed by atoms with Gasteiger partial charge in [-0.1, -0.05) is 28.1 Å². The smallest absolute Gasteiger partial charge is 0.227 e. The lowest BCUT2D eigenvalue weighted by atomic mass is 10.0. The number of nitrogens with one attached hydrogen (secondary N) is 1. The van der Waals surface area contributed by atoms with Crippen LogP contribution in [0.5, 0.6) is 5.75 Å². The second-order valence-electron chi connectivity index (χ2n) is 6.14. The van der Waals surface area contributed by atoms with E-state index < -0.39 is 0 Å². The molecule has 8 heteroatoms. The number of alkyl halides is 1. The lowest BCUT2D eigenvalue weighted by Crippen LogP contribution is -1.96. The van der Waals surface area contributed by atoms with E-state index >= 15 is 0 Å². The number of aromatic nitrogens is 4. The van der Waals surface area contributed by atoms with Gasteiger partial charge in [0.2, 0.25) is 5.95 Å². The summed E-state index contributed by atoms with van der Waals surface area (Å²) < 4.78 is 8.44. The largest absolute Gasteiger partial charge is 0.496 e. The number of thiophene rings is 1. The number of nitrogens with zero attached hydrogens (tertiary/aromatic N) is 4. The Morgan fingerprint density at radius 2 is 2.15 bits per heavy atom. The van der Waals surface area contributed by atoms with Crippen molar-refractivity contribution < 1.29 is 4.74 Å². The maximum atomic E-state index is 5.66. The van der Waals surface area contributed by atoms with Crippen LogP contribution >= 0.6 is 27.3 Å². The molecule has 0 unspecified atom stereocenters.